The van der Waals surface area contributed by atoms with Crippen molar-refractivity contribution in [1.82, 2.24) is 4.90 Å². The summed E-state index contributed by atoms with van der Waals surface area (Å²) >= 11 is 0. The summed E-state index contributed by atoms with van der Waals surface area (Å²) in [6.45, 7) is 2.08. The van der Waals surface area contributed by atoms with E-state index in [-0.39, 0.29) is 0 Å². The Balaban J connectivity index is 2.38. The van der Waals surface area contributed by atoms with Gasteiger partial charge in [0.2, 0.25) is 5.91 Å². The van der Waals surface area contributed by atoms with Crippen molar-refractivity contribution in [3.8, 4) is 0 Å². The monoisotopic (exact) mass is 191 g/mol. The van der Waals surface area contributed by atoms with Gasteiger partial charge in [-0.3, -0.25) is 4.79 Å². The van der Waals surface area contributed by atoms with Gasteiger partial charge in [0.05, 0.1) is 6.42 Å². The fourth-order valence-corrected chi connectivity index (χ4v) is 1.52. The van der Waals surface area contributed by atoms with Crippen LogP contribution in [0.4, 0.5) is 8.78 Å². The first kappa shape index (κ1) is 10.4. The molecule has 0 bridgehead atoms. The Labute approximate surface area is 76.9 Å². The van der Waals surface area contributed by atoms with Gasteiger partial charge in [0.15, 0.2) is 0 Å². The number of alkyl halides is 2. The highest BCUT2D eigenvalue weighted by Gasteiger charge is 2.28. The Kier molecular flexibility index (Phi) is 3.22. The molecule has 76 valence electrons. The fraction of sp³-hybridized carbons (Fsp3) is 0.889. The lowest BCUT2D eigenvalue weighted by atomic mass is 10.1. The van der Waals surface area contributed by atoms with Crippen LogP contribution in [0, 0.1) is 0 Å². The molecule has 1 fully saturated rings. The van der Waals surface area contributed by atoms with Crippen molar-refractivity contribution in [3.63, 3.8) is 0 Å². The number of carbonyl (C=O) groups excluding carboxylic acids is 1. The van der Waals surface area contributed by atoms with Crippen LogP contribution in [0.3, 0.4) is 0 Å². The molecule has 1 heterocycles. The van der Waals surface area contributed by atoms with E-state index in [1.165, 1.54) is 0 Å². The van der Waals surface area contributed by atoms with E-state index in [2.05, 4.69) is 0 Å². The summed E-state index contributed by atoms with van der Waals surface area (Å²) in [5.74, 6) is -3.28. The van der Waals surface area contributed by atoms with Crippen molar-refractivity contribution in [3.05, 3.63) is 0 Å². The number of carbonyl (C=O) groups is 1. The Bertz CT molecular complexity index is 183. The first-order chi connectivity index (χ1) is 5.99. The lowest BCUT2D eigenvalue weighted by Crippen LogP contribution is -2.38. The maximum atomic E-state index is 12.5. The summed E-state index contributed by atoms with van der Waals surface area (Å²) in [6, 6.07) is 0. The van der Waals surface area contributed by atoms with Crippen LogP contribution in [0.15, 0.2) is 0 Å². The van der Waals surface area contributed by atoms with Gasteiger partial charge in [0.1, 0.15) is 0 Å². The second-order valence-electron chi connectivity index (χ2n) is 3.69. The molecule has 0 saturated carbocycles. The maximum Gasteiger partial charge on any atom is 0.254 e. The van der Waals surface area contributed by atoms with Gasteiger partial charge in [-0.2, -0.15) is 0 Å². The molecule has 1 aliphatic heterocycles. The molecule has 1 aliphatic rings. The molecule has 0 spiro atoms. The summed E-state index contributed by atoms with van der Waals surface area (Å²) in [5, 5.41) is 0. The van der Waals surface area contributed by atoms with Gasteiger partial charge >= 0.3 is 0 Å². The zero-order valence-electron chi connectivity index (χ0n) is 7.85. The average Bonchev–Trinajstić information content (AvgIpc) is 2.03. The van der Waals surface area contributed by atoms with Crippen LogP contribution in [-0.2, 0) is 4.79 Å². The van der Waals surface area contributed by atoms with Gasteiger partial charge in [-0.05, 0) is 26.2 Å². The first-order valence-electron chi connectivity index (χ1n) is 4.65. The second kappa shape index (κ2) is 4.03. The van der Waals surface area contributed by atoms with Gasteiger partial charge in [-0.15, -0.1) is 0 Å². The van der Waals surface area contributed by atoms with Gasteiger partial charge in [0.25, 0.3) is 5.92 Å². The highest BCUT2D eigenvalue weighted by molar-refractivity contribution is 5.77. The fourth-order valence-electron chi connectivity index (χ4n) is 1.52. The van der Waals surface area contributed by atoms with E-state index in [9.17, 15) is 13.6 Å². The van der Waals surface area contributed by atoms with Crippen LogP contribution in [-0.4, -0.2) is 29.8 Å². The smallest absolute Gasteiger partial charge is 0.254 e. The molecular weight excluding hydrogens is 176 g/mol. The number of halogens is 2. The highest BCUT2D eigenvalue weighted by Crippen LogP contribution is 2.19. The minimum Gasteiger partial charge on any atom is -0.343 e. The summed E-state index contributed by atoms with van der Waals surface area (Å²) in [7, 11) is 0. The third-order valence-electron chi connectivity index (χ3n) is 2.17. The molecule has 1 rings (SSSR count). The molecule has 1 amide bonds. The molecule has 0 aliphatic carbocycles. The number of piperidine rings is 1. The third kappa shape index (κ3) is 3.70. The van der Waals surface area contributed by atoms with Crippen molar-refractivity contribution < 1.29 is 13.6 Å². The number of amides is 1. The number of nitrogens with zero attached hydrogens (tertiary/aromatic N) is 1. The number of likely N-dealkylation sites (tertiary alicyclic amines) is 1. The van der Waals surface area contributed by atoms with E-state index in [1.54, 1.807) is 4.90 Å². The molecule has 0 unspecified atom stereocenters. The maximum absolute atomic E-state index is 12.5. The minimum absolute atomic E-state index is 0.410. The summed E-state index contributed by atoms with van der Waals surface area (Å²) in [4.78, 5) is 12.8. The van der Waals surface area contributed by atoms with E-state index in [0.29, 0.717) is 13.1 Å². The SMILES string of the molecule is CC(F)(F)CC(=O)N1CCCCC1. The predicted molar refractivity (Wildman–Crippen MR) is 45.7 cm³/mol. The van der Waals surface area contributed by atoms with Gasteiger partial charge in [-0.1, -0.05) is 0 Å². The van der Waals surface area contributed by atoms with Gasteiger partial charge < -0.3 is 4.90 Å². The molecule has 13 heavy (non-hydrogen) atoms. The normalized spacial score (nSPS) is 18.8. The summed E-state index contributed by atoms with van der Waals surface area (Å²) in [6.07, 6.45) is 2.35. The average molecular weight is 191 g/mol. The third-order valence-corrected chi connectivity index (χ3v) is 2.17. The number of hydrogen-bond donors (Lipinski definition) is 0. The standard InChI is InChI=1S/C9H15F2NO/c1-9(10,11)7-8(13)12-5-3-2-4-6-12/h2-7H2,1H3. The molecule has 4 heteroatoms. The summed E-state index contributed by atoms with van der Waals surface area (Å²) in [5.41, 5.74) is 0. The minimum atomic E-state index is -2.87. The van der Waals surface area contributed by atoms with Crippen LogP contribution < -0.4 is 0 Å². The first-order valence-corrected chi connectivity index (χ1v) is 4.65. The second-order valence-corrected chi connectivity index (χ2v) is 3.69. The van der Waals surface area contributed by atoms with Crippen LogP contribution in [0.5, 0.6) is 0 Å². The zero-order valence-corrected chi connectivity index (χ0v) is 7.85. The van der Waals surface area contributed by atoms with Crippen molar-refractivity contribution in [2.45, 2.75) is 38.5 Å². The molecule has 0 N–H and O–H groups in total. The highest BCUT2D eigenvalue weighted by atomic mass is 19.3. The molecular formula is C9H15F2NO. The molecule has 0 aromatic heterocycles. The van der Waals surface area contributed by atoms with Crippen molar-refractivity contribution in [2.24, 2.45) is 0 Å². The summed E-state index contributed by atoms with van der Waals surface area (Å²) < 4.78 is 25.0. The Morgan fingerprint density at radius 2 is 1.85 bits per heavy atom. The van der Waals surface area contributed by atoms with Crippen LogP contribution in [0.1, 0.15) is 32.6 Å². The molecule has 0 aromatic carbocycles. The molecule has 0 radical (unpaired) electrons. The van der Waals surface area contributed by atoms with Crippen molar-refractivity contribution >= 4 is 5.91 Å². The predicted octanol–water partition coefficient (Wildman–Crippen LogP) is 2.04. The van der Waals surface area contributed by atoms with Crippen LogP contribution in [0.25, 0.3) is 0 Å². The van der Waals surface area contributed by atoms with E-state index in [1.807, 2.05) is 0 Å². The quantitative estimate of drug-likeness (QED) is 0.654. The molecule has 0 atom stereocenters. The van der Waals surface area contributed by atoms with Crippen LogP contribution in [0.2, 0.25) is 0 Å². The van der Waals surface area contributed by atoms with E-state index in [4.69, 9.17) is 0 Å². The van der Waals surface area contributed by atoms with Crippen molar-refractivity contribution in [2.75, 3.05) is 13.1 Å². The van der Waals surface area contributed by atoms with E-state index in [0.717, 1.165) is 26.2 Å². The van der Waals surface area contributed by atoms with E-state index < -0.39 is 18.3 Å². The number of hydrogen-bond acceptors (Lipinski definition) is 1. The Morgan fingerprint density at radius 3 is 2.31 bits per heavy atom. The molecule has 0 aromatic rings. The Hall–Kier alpha value is -0.670. The lowest BCUT2D eigenvalue weighted by Gasteiger charge is -2.27. The lowest BCUT2D eigenvalue weighted by molar-refractivity contribution is -0.138. The topological polar surface area (TPSA) is 20.3 Å². The molecule has 2 nitrogen and oxygen atoms in total. The largest absolute Gasteiger partial charge is 0.343 e. The number of rotatable bonds is 2. The molecule has 1 saturated heterocycles. The van der Waals surface area contributed by atoms with Crippen LogP contribution >= 0.6 is 0 Å². The van der Waals surface area contributed by atoms with E-state index >= 15 is 0 Å². The zero-order chi connectivity index (χ0) is 9.90. The Morgan fingerprint density at radius 1 is 1.31 bits per heavy atom. The van der Waals surface area contributed by atoms with Gasteiger partial charge in [0, 0.05) is 13.1 Å². The van der Waals surface area contributed by atoms with Gasteiger partial charge in [-0.25, -0.2) is 8.78 Å². The van der Waals surface area contributed by atoms with Crippen molar-refractivity contribution in [1.29, 1.82) is 0 Å².